The van der Waals surface area contributed by atoms with Crippen molar-refractivity contribution in [1.82, 2.24) is 20.8 Å². The van der Waals surface area contributed by atoms with Crippen LogP contribution in [0.1, 0.15) is 47.9 Å². The Labute approximate surface area is 114 Å². The van der Waals surface area contributed by atoms with Gasteiger partial charge in [-0.3, -0.25) is 4.79 Å². The fourth-order valence-electron chi connectivity index (χ4n) is 1.95. The van der Waals surface area contributed by atoms with E-state index in [2.05, 4.69) is 20.8 Å². The van der Waals surface area contributed by atoms with Crippen LogP contribution in [0.25, 0.3) is 0 Å². The highest BCUT2D eigenvalue weighted by molar-refractivity contribution is 5.95. The highest BCUT2D eigenvalue weighted by Gasteiger charge is 2.19. The van der Waals surface area contributed by atoms with Gasteiger partial charge in [0.2, 0.25) is 0 Å². The minimum absolute atomic E-state index is 0.0405. The lowest BCUT2D eigenvalue weighted by Gasteiger charge is -2.08. The number of aryl methyl sites for hydroxylation is 2. The van der Waals surface area contributed by atoms with Crippen LogP contribution < -0.4 is 10.6 Å². The van der Waals surface area contributed by atoms with E-state index in [9.17, 15) is 4.79 Å². The molecule has 2 N–H and O–H groups in total. The summed E-state index contributed by atoms with van der Waals surface area (Å²) in [4.78, 5) is 12.1. The van der Waals surface area contributed by atoms with Gasteiger partial charge in [0.25, 0.3) is 5.91 Å². The Morgan fingerprint density at radius 3 is 2.84 bits per heavy atom. The Hall–Kier alpha value is -1.49. The van der Waals surface area contributed by atoms with Gasteiger partial charge in [0.1, 0.15) is 0 Å². The van der Waals surface area contributed by atoms with Crippen LogP contribution in [-0.4, -0.2) is 35.2 Å². The van der Waals surface area contributed by atoms with E-state index in [4.69, 9.17) is 0 Å². The number of hydrogen-bond donors (Lipinski definition) is 2. The minimum atomic E-state index is -0.0405. The van der Waals surface area contributed by atoms with Gasteiger partial charge in [-0.25, -0.2) is 0 Å². The second-order valence-corrected chi connectivity index (χ2v) is 5.04. The lowest BCUT2D eigenvalue weighted by Crippen LogP contribution is -2.29. The van der Waals surface area contributed by atoms with E-state index >= 15 is 0 Å². The summed E-state index contributed by atoms with van der Waals surface area (Å²) in [6, 6.07) is 2.54. The van der Waals surface area contributed by atoms with Crippen molar-refractivity contribution in [3.63, 3.8) is 0 Å². The minimum Gasteiger partial charge on any atom is -0.352 e. The van der Waals surface area contributed by atoms with Gasteiger partial charge in [0, 0.05) is 12.6 Å². The number of amides is 1. The zero-order chi connectivity index (χ0) is 13.7. The summed E-state index contributed by atoms with van der Waals surface area (Å²) in [5.74, 6) is -0.0405. The topological polar surface area (TPSA) is 66.9 Å². The quantitative estimate of drug-likeness (QED) is 0.725. The predicted octanol–water partition coefficient (Wildman–Crippen LogP) is 1.22. The van der Waals surface area contributed by atoms with Crippen LogP contribution in [0, 0.1) is 6.92 Å². The van der Waals surface area contributed by atoms with Crippen LogP contribution in [-0.2, 0) is 6.42 Å². The van der Waals surface area contributed by atoms with Gasteiger partial charge in [0.15, 0.2) is 0 Å². The third kappa shape index (κ3) is 4.28. The van der Waals surface area contributed by atoms with E-state index < -0.39 is 0 Å². The smallest absolute Gasteiger partial charge is 0.253 e. The van der Waals surface area contributed by atoms with Crippen molar-refractivity contribution in [1.29, 1.82) is 0 Å². The number of nitrogens with one attached hydrogen (secondary N) is 2. The molecule has 0 spiro atoms. The van der Waals surface area contributed by atoms with Gasteiger partial charge in [-0.2, -0.15) is 10.2 Å². The molecule has 5 nitrogen and oxygen atoms in total. The molecule has 0 aliphatic heterocycles. The summed E-state index contributed by atoms with van der Waals surface area (Å²) in [6.07, 6.45) is 4.28. The maximum atomic E-state index is 12.1. The lowest BCUT2D eigenvalue weighted by molar-refractivity contribution is 0.0951. The Morgan fingerprint density at radius 1 is 1.37 bits per heavy atom. The lowest BCUT2D eigenvalue weighted by atomic mass is 10.1. The zero-order valence-electron chi connectivity index (χ0n) is 11.7. The monoisotopic (exact) mass is 262 g/mol. The highest BCUT2D eigenvalue weighted by atomic mass is 16.1. The van der Waals surface area contributed by atoms with Crippen LogP contribution in [0.2, 0.25) is 0 Å². The first-order valence-electron chi connectivity index (χ1n) is 7.05. The molecule has 1 aliphatic carbocycles. The Bertz CT molecular complexity index is 443. The van der Waals surface area contributed by atoms with E-state index in [0.29, 0.717) is 12.1 Å². The molecule has 1 aromatic heterocycles. The van der Waals surface area contributed by atoms with Crippen LogP contribution in [0.15, 0.2) is 6.07 Å². The third-order valence-corrected chi connectivity index (χ3v) is 3.22. The van der Waals surface area contributed by atoms with Crippen molar-refractivity contribution in [2.75, 3.05) is 13.1 Å². The second-order valence-electron chi connectivity index (χ2n) is 5.04. The maximum Gasteiger partial charge on any atom is 0.253 e. The Kier molecular flexibility index (Phi) is 4.85. The van der Waals surface area contributed by atoms with Gasteiger partial charge in [-0.15, -0.1) is 0 Å². The van der Waals surface area contributed by atoms with Crippen molar-refractivity contribution in [2.24, 2.45) is 0 Å². The number of rotatable bonds is 7. The summed E-state index contributed by atoms with van der Waals surface area (Å²) in [7, 11) is 0. The molecule has 0 aromatic carbocycles. The highest BCUT2D eigenvalue weighted by Crippen LogP contribution is 2.18. The van der Waals surface area contributed by atoms with E-state index in [1.165, 1.54) is 12.8 Å². The fraction of sp³-hybridized carbons (Fsp3) is 0.643. The molecular formula is C14H22N4O. The van der Waals surface area contributed by atoms with Crippen LogP contribution in [0.4, 0.5) is 0 Å². The van der Waals surface area contributed by atoms with Crippen LogP contribution >= 0.6 is 0 Å². The van der Waals surface area contributed by atoms with Crippen molar-refractivity contribution >= 4 is 5.91 Å². The molecule has 0 bridgehead atoms. The van der Waals surface area contributed by atoms with Crippen LogP contribution in [0.3, 0.4) is 0 Å². The zero-order valence-corrected chi connectivity index (χ0v) is 11.7. The first-order chi connectivity index (χ1) is 9.20. The molecule has 0 unspecified atom stereocenters. The standard InChI is InChI=1S/C14H22N4O/c1-3-13-12(9-10(2)17-18-13)14(19)16-8-4-7-15-11-5-6-11/h9,11,15H,3-8H2,1-2H3,(H,16,19). The summed E-state index contributed by atoms with van der Waals surface area (Å²) < 4.78 is 0. The van der Waals surface area contributed by atoms with Gasteiger partial charge in [0.05, 0.1) is 17.0 Å². The molecule has 0 radical (unpaired) electrons. The van der Waals surface area contributed by atoms with Crippen molar-refractivity contribution in [3.05, 3.63) is 23.0 Å². The largest absolute Gasteiger partial charge is 0.352 e. The molecule has 1 amide bonds. The van der Waals surface area contributed by atoms with Crippen molar-refractivity contribution in [3.8, 4) is 0 Å². The fourth-order valence-corrected chi connectivity index (χ4v) is 1.95. The molecular weight excluding hydrogens is 240 g/mol. The van der Waals surface area contributed by atoms with Gasteiger partial charge < -0.3 is 10.6 Å². The summed E-state index contributed by atoms with van der Waals surface area (Å²) in [6.45, 7) is 5.50. The number of carbonyl (C=O) groups is 1. The number of nitrogens with zero attached hydrogens (tertiary/aromatic N) is 2. The average molecular weight is 262 g/mol. The number of carbonyl (C=O) groups excluding carboxylic acids is 1. The van der Waals surface area contributed by atoms with Gasteiger partial charge >= 0.3 is 0 Å². The van der Waals surface area contributed by atoms with E-state index in [1.54, 1.807) is 0 Å². The molecule has 1 fully saturated rings. The molecule has 1 saturated carbocycles. The first-order valence-corrected chi connectivity index (χ1v) is 7.05. The molecule has 104 valence electrons. The molecule has 0 saturated heterocycles. The van der Waals surface area contributed by atoms with Crippen molar-refractivity contribution in [2.45, 2.75) is 45.6 Å². The molecule has 1 heterocycles. The molecule has 5 heteroatoms. The predicted molar refractivity (Wildman–Crippen MR) is 74.1 cm³/mol. The van der Waals surface area contributed by atoms with Crippen molar-refractivity contribution < 1.29 is 4.79 Å². The third-order valence-electron chi connectivity index (χ3n) is 3.22. The van der Waals surface area contributed by atoms with Gasteiger partial charge in [-0.1, -0.05) is 6.92 Å². The second kappa shape index (κ2) is 6.61. The summed E-state index contributed by atoms with van der Waals surface area (Å²) in [5.41, 5.74) is 2.20. The Balaban J connectivity index is 1.79. The van der Waals surface area contributed by atoms with Crippen LogP contribution in [0.5, 0.6) is 0 Å². The normalized spacial score (nSPS) is 14.4. The molecule has 0 atom stereocenters. The average Bonchev–Trinajstić information content (AvgIpc) is 3.22. The number of aromatic nitrogens is 2. The summed E-state index contributed by atoms with van der Waals surface area (Å²) >= 11 is 0. The molecule has 2 rings (SSSR count). The first kappa shape index (κ1) is 13.9. The summed E-state index contributed by atoms with van der Waals surface area (Å²) in [5, 5.41) is 14.4. The molecule has 1 aromatic rings. The van der Waals surface area contributed by atoms with Gasteiger partial charge in [-0.05, 0) is 45.2 Å². The van der Waals surface area contributed by atoms with E-state index in [-0.39, 0.29) is 5.91 Å². The van der Waals surface area contributed by atoms with E-state index in [1.807, 2.05) is 19.9 Å². The molecule has 19 heavy (non-hydrogen) atoms. The maximum absolute atomic E-state index is 12.1. The Morgan fingerprint density at radius 2 is 2.16 bits per heavy atom. The number of hydrogen-bond acceptors (Lipinski definition) is 4. The van der Waals surface area contributed by atoms with E-state index in [0.717, 1.165) is 36.8 Å². The SMILES string of the molecule is CCc1nnc(C)cc1C(=O)NCCCNC1CC1. The molecule has 1 aliphatic rings.